The standard InChI is InChI=1S/C15H16F2N2O/c1-20-12-9-11-3-2-6-18-14(11)13(10-12)19-7-4-15(16,17)5-8-19/h2-3,6,9-10H,4-5,7-8H2,1H3. The average molecular weight is 278 g/mol. The van der Waals surface area contributed by atoms with E-state index >= 15 is 0 Å². The minimum absolute atomic E-state index is 0.113. The van der Waals surface area contributed by atoms with E-state index in [1.165, 1.54) is 0 Å². The highest BCUT2D eigenvalue weighted by Gasteiger charge is 2.34. The monoisotopic (exact) mass is 278 g/mol. The average Bonchev–Trinajstić information content (AvgIpc) is 2.46. The fourth-order valence-corrected chi connectivity index (χ4v) is 2.58. The lowest BCUT2D eigenvalue weighted by atomic mass is 10.0. The Morgan fingerprint density at radius 1 is 1.25 bits per heavy atom. The van der Waals surface area contributed by atoms with E-state index < -0.39 is 5.92 Å². The van der Waals surface area contributed by atoms with E-state index in [0.717, 1.165) is 22.3 Å². The Hall–Kier alpha value is -1.91. The van der Waals surface area contributed by atoms with Crippen LogP contribution in [0.1, 0.15) is 12.8 Å². The summed E-state index contributed by atoms with van der Waals surface area (Å²) >= 11 is 0. The van der Waals surface area contributed by atoms with Crippen molar-refractivity contribution in [2.24, 2.45) is 0 Å². The van der Waals surface area contributed by atoms with Crippen LogP contribution in [0.25, 0.3) is 10.9 Å². The molecule has 0 bridgehead atoms. The summed E-state index contributed by atoms with van der Waals surface area (Å²) in [5.41, 5.74) is 1.70. The maximum atomic E-state index is 13.3. The van der Waals surface area contributed by atoms with Gasteiger partial charge in [-0.25, -0.2) is 8.78 Å². The van der Waals surface area contributed by atoms with Gasteiger partial charge in [0.25, 0.3) is 5.92 Å². The summed E-state index contributed by atoms with van der Waals surface area (Å²) in [6, 6.07) is 7.59. The first kappa shape index (κ1) is 13.1. The number of fused-ring (bicyclic) bond motifs is 1. The fraction of sp³-hybridized carbons (Fsp3) is 0.400. The van der Waals surface area contributed by atoms with E-state index in [-0.39, 0.29) is 12.8 Å². The number of halogens is 2. The third kappa shape index (κ3) is 2.40. The van der Waals surface area contributed by atoms with Crippen LogP contribution >= 0.6 is 0 Å². The van der Waals surface area contributed by atoms with Crippen molar-refractivity contribution in [3.05, 3.63) is 30.5 Å². The van der Waals surface area contributed by atoms with Crippen molar-refractivity contribution in [2.45, 2.75) is 18.8 Å². The van der Waals surface area contributed by atoms with Crippen LogP contribution in [0, 0.1) is 0 Å². The molecule has 1 aromatic carbocycles. The van der Waals surface area contributed by atoms with Gasteiger partial charge in [-0.15, -0.1) is 0 Å². The number of aromatic nitrogens is 1. The van der Waals surface area contributed by atoms with Crippen molar-refractivity contribution in [2.75, 3.05) is 25.1 Å². The number of pyridine rings is 1. The van der Waals surface area contributed by atoms with Crippen LogP contribution in [0.4, 0.5) is 14.5 Å². The summed E-state index contributed by atoms with van der Waals surface area (Å²) in [6.45, 7) is 0.678. The lowest BCUT2D eigenvalue weighted by Gasteiger charge is -2.33. The highest BCUT2D eigenvalue weighted by molar-refractivity contribution is 5.92. The lowest BCUT2D eigenvalue weighted by molar-refractivity contribution is -0.0220. The van der Waals surface area contributed by atoms with E-state index in [1.54, 1.807) is 13.3 Å². The van der Waals surface area contributed by atoms with E-state index in [1.807, 2.05) is 29.2 Å². The number of methoxy groups -OCH3 is 1. The molecule has 0 unspecified atom stereocenters. The minimum atomic E-state index is -2.54. The molecule has 0 amide bonds. The topological polar surface area (TPSA) is 25.4 Å². The van der Waals surface area contributed by atoms with Crippen LogP contribution in [-0.4, -0.2) is 31.1 Å². The first-order valence-corrected chi connectivity index (χ1v) is 6.65. The van der Waals surface area contributed by atoms with Gasteiger partial charge in [0.2, 0.25) is 0 Å². The molecule has 1 aromatic heterocycles. The SMILES string of the molecule is COc1cc(N2CCC(F)(F)CC2)c2ncccc2c1. The van der Waals surface area contributed by atoms with Gasteiger partial charge in [0.05, 0.1) is 18.3 Å². The molecule has 1 aliphatic heterocycles. The number of alkyl halides is 2. The van der Waals surface area contributed by atoms with Crippen molar-refractivity contribution in [3.8, 4) is 5.75 Å². The van der Waals surface area contributed by atoms with Gasteiger partial charge < -0.3 is 9.64 Å². The highest BCUT2D eigenvalue weighted by atomic mass is 19.3. The van der Waals surface area contributed by atoms with Gasteiger partial charge in [-0.1, -0.05) is 6.07 Å². The number of hydrogen-bond donors (Lipinski definition) is 0. The smallest absolute Gasteiger partial charge is 0.251 e. The zero-order valence-corrected chi connectivity index (χ0v) is 11.3. The van der Waals surface area contributed by atoms with Gasteiger partial charge in [0, 0.05) is 43.6 Å². The van der Waals surface area contributed by atoms with Crippen molar-refractivity contribution < 1.29 is 13.5 Å². The Kier molecular flexibility index (Phi) is 3.20. The second-order valence-electron chi connectivity index (χ2n) is 5.06. The van der Waals surface area contributed by atoms with Gasteiger partial charge in [0.15, 0.2) is 0 Å². The third-order valence-electron chi connectivity index (χ3n) is 3.73. The van der Waals surface area contributed by atoms with Crippen LogP contribution in [0.5, 0.6) is 5.75 Å². The third-order valence-corrected chi connectivity index (χ3v) is 3.73. The zero-order valence-electron chi connectivity index (χ0n) is 11.3. The summed E-state index contributed by atoms with van der Waals surface area (Å²) in [7, 11) is 1.60. The van der Waals surface area contributed by atoms with E-state index in [2.05, 4.69) is 4.98 Å². The number of rotatable bonds is 2. The summed E-state index contributed by atoms with van der Waals surface area (Å²) in [5.74, 6) is -1.82. The number of benzene rings is 1. The molecule has 5 heteroatoms. The van der Waals surface area contributed by atoms with Gasteiger partial charge in [0.1, 0.15) is 5.75 Å². The van der Waals surface area contributed by atoms with Crippen LogP contribution in [0.15, 0.2) is 30.5 Å². The van der Waals surface area contributed by atoms with Gasteiger partial charge in [-0.3, -0.25) is 4.98 Å². The molecule has 2 aromatic rings. The van der Waals surface area contributed by atoms with Crippen molar-refractivity contribution in [3.63, 3.8) is 0 Å². The quantitative estimate of drug-likeness (QED) is 0.841. The Balaban J connectivity index is 2.02. The van der Waals surface area contributed by atoms with Crippen LogP contribution in [-0.2, 0) is 0 Å². The van der Waals surface area contributed by atoms with Crippen molar-refractivity contribution >= 4 is 16.6 Å². The molecule has 0 atom stereocenters. The molecule has 0 aliphatic carbocycles. The normalized spacial score (nSPS) is 18.2. The fourth-order valence-electron chi connectivity index (χ4n) is 2.58. The van der Waals surface area contributed by atoms with E-state index in [9.17, 15) is 8.78 Å². The summed E-state index contributed by atoms with van der Waals surface area (Å²) in [5, 5.41) is 0.958. The molecular formula is C15H16F2N2O. The van der Waals surface area contributed by atoms with Gasteiger partial charge >= 0.3 is 0 Å². The summed E-state index contributed by atoms with van der Waals surface area (Å²) in [4.78, 5) is 6.35. The second kappa shape index (κ2) is 4.89. The van der Waals surface area contributed by atoms with Crippen LogP contribution in [0.2, 0.25) is 0 Å². The molecule has 20 heavy (non-hydrogen) atoms. The van der Waals surface area contributed by atoms with Gasteiger partial charge in [-0.05, 0) is 12.1 Å². The van der Waals surface area contributed by atoms with E-state index in [0.29, 0.717) is 13.1 Å². The zero-order chi connectivity index (χ0) is 14.2. The first-order chi connectivity index (χ1) is 9.59. The Labute approximate surface area is 116 Å². The Morgan fingerprint density at radius 2 is 2.00 bits per heavy atom. The molecular weight excluding hydrogens is 262 g/mol. The molecule has 0 radical (unpaired) electrons. The van der Waals surface area contributed by atoms with Crippen molar-refractivity contribution in [1.82, 2.24) is 4.98 Å². The lowest BCUT2D eigenvalue weighted by Crippen LogP contribution is -2.39. The first-order valence-electron chi connectivity index (χ1n) is 6.65. The number of nitrogens with zero attached hydrogens (tertiary/aromatic N) is 2. The molecule has 0 N–H and O–H groups in total. The predicted molar refractivity (Wildman–Crippen MR) is 74.7 cm³/mol. The van der Waals surface area contributed by atoms with Gasteiger partial charge in [-0.2, -0.15) is 0 Å². The molecule has 1 fully saturated rings. The number of anilines is 1. The molecule has 1 aliphatic rings. The maximum absolute atomic E-state index is 13.3. The van der Waals surface area contributed by atoms with Crippen LogP contribution < -0.4 is 9.64 Å². The minimum Gasteiger partial charge on any atom is -0.497 e. The molecule has 1 saturated heterocycles. The number of ether oxygens (including phenoxy) is 1. The Bertz CT molecular complexity index is 620. The van der Waals surface area contributed by atoms with Crippen molar-refractivity contribution in [1.29, 1.82) is 0 Å². The molecule has 106 valence electrons. The molecule has 0 saturated carbocycles. The summed E-state index contributed by atoms with van der Waals surface area (Å²) in [6.07, 6.45) is 1.49. The largest absolute Gasteiger partial charge is 0.497 e. The predicted octanol–water partition coefficient (Wildman–Crippen LogP) is 3.48. The molecule has 3 rings (SSSR count). The second-order valence-corrected chi connectivity index (χ2v) is 5.06. The van der Waals surface area contributed by atoms with E-state index in [4.69, 9.17) is 4.74 Å². The molecule has 0 spiro atoms. The number of hydrogen-bond acceptors (Lipinski definition) is 3. The molecule has 3 nitrogen and oxygen atoms in total. The molecule has 2 heterocycles. The van der Waals surface area contributed by atoms with Crippen LogP contribution in [0.3, 0.4) is 0 Å². The summed E-state index contributed by atoms with van der Waals surface area (Å²) < 4.78 is 31.9. The Morgan fingerprint density at radius 3 is 2.70 bits per heavy atom. The maximum Gasteiger partial charge on any atom is 0.251 e. The number of piperidine rings is 1. The highest BCUT2D eigenvalue weighted by Crippen LogP contribution is 2.35.